The normalized spacial score (nSPS) is 12.5. The first-order chi connectivity index (χ1) is 9.01. The average molecular weight is 287 g/mol. The number of ether oxygens (including phenoxy) is 1. The van der Waals surface area contributed by atoms with Gasteiger partial charge in [-0.25, -0.2) is 0 Å². The zero-order chi connectivity index (χ0) is 14.4. The summed E-state index contributed by atoms with van der Waals surface area (Å²) < 4.78 is 5.77. The van der Waals surface area contributed by atoms with E-state index < -0.39 is 6.10 Å². The van der Waals surface area contributed by atoms with E-state index in [1.807, 2.05) is 19.9 Å². The van der Waals surface area contributed by atoms with Crippen LogP contribution < -0.4 is 4.74 Å². The molecule has 2 N–H and O–H groups in total. The first-order valence-corrected chi connectivity index (χ1v) is 7.09. The zero-order valence-electron chi connectivity index (χ0n) is 11.9. The molecule has 1 unspecified atom stereocenters. The molecule has 4 heteroatoms. The Balaban J connectivity index is 2.99. The maximum Gasteiger partial charge on any atom is 0.123 e. The van der Waals surface area contributed by atoms with Crippen molar-refractivity contribution in [2.24, 2.45) is 0 Å². The SMILES string of the molecule is CCCOc1cc(C)c(Cl)c(C)c1CCC(O)CO. The van der Waals surface area contributed by atoms with Crippen molar-refractivity contribution in [1.82, 2.24) is 0 Å². The second kappa shape index (κ2) is 7.73. The van der Waals surface area contributed by atoms with E-state index >= 15 is 0 Å². The van der Waals surface area contributed by atoms with E-state index in [1.54, 1.807) is 0 Å². The molecule has 0 aromatic heterocycles. The monoisotopic (exact) mass is 286 g/mol. The van der Waals surface area contributed by atoms with E-state index in [1.165, 1.54) is 0 Å². The lowest BCUT2D eigenvalue weighted by molar-refractivity contribution is 0.0883. The zero-order valence-corrected chi connectivity index (χ0v) is 12.6. The fraction of sp³-hybridized carbons (Fsp3) is 0.600. The van der Waals surface area contributed by atoms with Gasteiger partial charge in [0.15, 0.2) is 0 Å². The van der Waals surface area contributed by atoms with Crippen molar-refractivity contribution in [3.8, 4) is 5.75 Å². The molecule has 0 heterocycles. The molecule has 0 bridgehead atoms. The van der Waals surface area contributed by atoms with E-state index in [4.69, 9.17) is 21.4 Å². The first kappa shape index (κ1) is 16.3. The van der Waals surface area contributed by atoms with Crippen LogP contribution in [0.15, 0.2) is 6.07 Å². The molecule has 0 aliphatic rings. The van der Waals surface area contributed by atoms with Crippen LogP contribution in [0.1, 0.15) is 36.5 Å². The third-order valence-corrected chi connectivity index (χ3v) is 3.75. The van der Waals surface area contributed by atoms with E-state index in [2.05, 4.69) is 6.92 Å². The molecule has 1 aromatic rings. The fourth-order valence-corrected chi connectivity index (χ4v) is 2.18. The average Bonchev–Trinajstić information content (AvgIpc) is 2.41. The lowest BCUT2D eigenvalue weighted by Crippen LogP contribution is -2.13. The maximum absolute atomic E-state index is 9.48. The third kappa shape index (κ3) is 4.37. The summed E-state index contributed by atoms with van der Waals surface area (Å²) in [7, 11) is 0. The molecular formula is C15H23ClO3. The predicted octanol–water partition coefficient (Wildman–Crippen LogP) is 3.03. The Labute approximate surface area is 120 Å². The standard InChI is InChI=1S/C15H23ClO3/c1-4-7-19-14-8-10(2)15(16)11(3)13(14)6-5-12(18)9-17/h8,12,17-18H,4-7,9H2,1-3H3. The second-order valence-electron chi connectivity index (χ2n) is 4.83. The summed E-state index contributed by atoms with van der Waals surface area (Å²) in [6.07, 6.45) is 1.39. The van der Waals surface area contributed by atoms with Crippen LogP contribution in [0.4, 0.5) is 0 Å². The van der Waals surface area contributed by atoms with Gasteiger partial charge in [0, 0.05) is 5.02 Å². The van der Waals surface area contributed by atoms with Gasteiger partial charge >= 0.3 is 0 Å². The highest BCUT2D eigenvalue weighted by atomic mass is 35.5. The van der Waals surface area contributed by atoms with Gasteiger partial charge in [0.05, 0.1) is 19.3 Å². The smallest absolute Gasteiger partial charge is 0.123 e. The molecule has 0 fully saturated rings. The number of aliphatic hydroxyl groups excluding tert-OH is 2. The Morgan fingerprint density at radius 2 is 2.05 bits per heavy atom. The molecule has 1 atom stereocenters. The van der Waals surface area contributed by atoms with E-state index in [0.717, 1.165) is 33.9 Å². The minimum atomic E-state index is -0.696. The molecule has 0 aliphatic carbocycles. The van der Waals surface area contributed by atoms with Gasteiger partial charge in [-0.1, -0.05) is 18.5 Å². The van der Waals surface area contributed by atoms with Gasteiger partial charge < -0.3 is 14.9 Å². The van der Waals surface area contributed by atoms with Gasteiger partial charge in [0.2, 0.25) is 0 Å². The molecule has 1 aromatic carbocycles. The molecule has 0 spiro atoms. The third-order valence-electron chi connectivity index (χ3n) is 3.17. The van der Waals surface area contributed by atoms with Crippen molar-refractivity contribution < 1.29 is 14.9 Å². The summed E-state index contributed by atoms with van der Waals surface area (Å²) >= 11 is 6.27. The fourth-order valence-electron chi connectivity index (χ4n) is 2.01. The molecule has 1 rings (SSSR count). The molecule has 19 heavy (non-hydrogen) atoms. The van der Waals surface area contributed by atoms with Crippen molar-refractivity contribution in [2.75, 3.05) is 13.2 Å². The van der Waals surface area contributed by atoms with Gasteiger partial charge in [-0.3, -0.25) is 0 Å². The summed E-state index contributed by atoms with van der Waals surface area (Å²) in [4.78, 5) is 0. The number of aliphatic hydroxyl groups is 2. The van der Waals surface area contributed by atoms with Crippen LogP contribution in [0.5, 0.6) is 5.75 Å². The van der Waals surface area contributed by atoms with Crippen LogP contribution in [-0.4, -0.2) is 29.5 Å². The van der Waals surface area contributed by atoms with Crippen LogP contribution in [-0.2, 0) is 6.42 Å². The number of hydrogen-bond acceptors (Lipinski definition) is 3. The summed E-state index contributed by atoms with van der Waals surface area (Å²) in [6.45, 7) is 6.43. The molecule has 108 valence electrons. The predicted molar refractivity (Wildman–Crippen MR) is 78.1 cm³/mol. The Hall–Kier alpha value is -0.770. The first-order valence-electron chi connectivity index (χ1n) is 6.71. The number of rotatable bonds is 7. The van der Waals surface area contributed by atoms with Gasteiger partial charge in [-0.05, 0) is 55.9 Å². The van der Waals surface area contributed by atoms with Crippen LogP contribution in [0.2, 0.25) is 5.02 Å². The highest BCUT2D eigenvalue weighted by molar-refractivity contribution is 6.32. The van der Waals surface area contributed by atoms with Gasteiger partial charge in [0.1, 0.15) is 5.75 Å². The molecule has 0 saturated carbocycles. The Bertz CT molecular complexity index is 418. The van der Waals surface area contributed by atoms with Crippen molar-refractivity contribution in [1.29, 1.82) is 0 Å². The Morgan fingerprint density at radius 1 is 1.37 bits per heavy atom. The van der Waals surface area contributed by atoms with Gasteiger partial charge in [-0.2, -0.15) is 0 Å². The largest absolute Gasteiger partial charge is 0.493 e. The van der Waals surface area contributed by atoms with Gasteiger partial charge in [0.25, 0.3) is 0 Å². The molecule has 0 amide bonds. The molecule has 0 aliphatic heterocycles. The summed E-state index contributed by atoms with van der Waals surface area (Å²) in [5.41, 5.74) is 3.02. The van der Waals surface area contributed by atoms with E-state index in [0.29, 0.717) is 19.4 Å². The number of aryl methyl sites for hydroxylation is 1. The van der Waals surface area contributed by atoms with Crippen molar-refractivity contribution in [2.45, 2.75) is 46.1 Å². The lowest BCUT2D eigenvalue weighted by Gasteiger charge is -2.17. The lowest BCUT2D eigenvalue weighted by atomic mass is 9.98. The molecular weight excluding hydrogens is 264 g/mol. The van der Waals surface area contributed by atoms with E-state index in [9.17, 15) is 5.11 Å². The number of benzene rings is 1. The van der Waals surface area contributed by atoms with Crippen molar-refractivity contribution in [3.63, 3.8) is 0 Å². The van der Waals surface area contributed by atoms with Crippen LogP contribution in [0.3, 0.4) is 0 Å². The Morgan fingerprint density at radius 3 is 2.63 bits per heavy atom. The highest BCUT2D eigenvalue weighted by Gasteiger charge is 2.14. The number of halogens is 1. The van der Waals surface area contributed by atoms with E-state index in [-0.39, 0.29) is 6.61 Å². The van der Waals surface area contributed by atoms with Gasteiger partial charge in [-0.15, -0.1) is 0 Å². The summed E-state index contributed by atoms with van der Waals surface area (Å²) in [5.74, 6) is 0.839. The maximum atomic E-state index is 9.48. The van der Waals surface area contributed by atoms with Crippen LogP contribution >= 0.6 is 11.6 Å². The molecule has 0 saturated heterocycles. The van der Waals surface area contributed by atoms with Crippen LogP contribution in [0, 0.1) is 13.8 Å². The topological polar surface area (TPSA) is 49.7 Å². The van der Waals surface area contributed by atoms with Crippen molar-refractivity contribution in [3.05, 3.63) is 27.8 Å². The summed E-state index contributed by atoms with van der Waals surface area (Å²) in [5, 5.41) is 19.1. The molecule has 3 nitrogen and oxygen atoms in total. The minimum Gasteiger partial charge on any atom is -0.493 e. The highest BCUT2D eigenvalue weighted by Crippen LogP contribution is 2.32. The Kier molecular flexibility index (Phi) is 6.63. The minimum absolute atomic E-state index is 0.218. The van der Waals surface area contributed by atoms with Crippen molar-refractivity contribution >= 4 is 11.6 Å². The quantitative estimate of drug-likeness (QED) is 0.810. The van der Waals surface area contributed by atoms with Crippen LogP contribution in [0.25, 0.3) is 0 Å². The second-order valence-corrected chi connectivity index (χ2v) is 5.21. The molecule has 0 radical (unpaired) electrons. The number of hydrogen-bond donors (Lipinski definition) is 2. The summed E-state index contributed by atoms with van der Waals surface area (Å²) in [6, 6.07) is 1.95.